The maximum absolute atomic E-state index is 12.5. The highest BCUT2D eigenvalue weighted by Gasteiger charge is 2.41. The van der Waals surface area contributed by atoms with Crippen molar-refractivity contribution < 1.29 is 13.2 Å². The van der Waals surface area contributed by atoms with Crippen LogP contribution >= 0.6 is 23.4 Å². The molecule has 0 radical (unpaired) electrons. The monoisotopic (exact) mass is 282 g/mol. The molecule has 0 aliphatic heterocycles. The number of benzene rings is 1. The van der Waals surface area contributed by atoms with Crippen LogP contribution in [0.2, 0.25) is 5.02 Å². The van der Waals surface area contributed by atoms with Gasteiger partial charge in [-0.3, -0.25) is 5.41 Å². The fraction of sp³-hybridized carbons (Fsp3) is 0.300. The van der Waals surface area contributed by atoms with Crippen molar-refractivity contribution in [1.29, 1.82) is 5.41 Å². The molecule has 3 N–H and O–H groups in total. The van der Waals surface area contributed by atoms with Gasteiger partial charge in [0.1, 0.15) is 11.8 Å². The van der Waals surface area contributed by atoms with E-state index in [2.05, 4.69) is 0 Å². The van der Waals surface area contributed by atoms with E-state index in [0.717, 1.165) is 11.8 Å². The zero-order valence-electron chi connectivity index (χ0n) is 8.59. The van der Waals surface area contributed by atoms with Crippen LogP contribution in [0.1, 0.15) is 0 Å². The van der Waals surface area contributed by atoms with Crippen LogP contribution < -0.4 is 5.73 Å². The highest BCUT2D eigenvalue weighted by molar-refractivity contribution is 7.99. The van der Waals surface area contributed by atoms with Gasteiger partial charge in [0.15, 0.2) is 0 Å². The molecule has 0 aliphatic rings. The van der Waals surface area contributed by atoms with Crippen molar-refractivity contribution in [2.75, 3.05) is 5.75 Å². The summed E-state index contributed by atoms with van der Waals surface area (Å²) in [6.07, 6.45) is -4.49. The number of nitrogens with two attached hydrogens (primary N) is 1. The fourth-order valence-electron chi connectivity index (χ4n) is 1.10. The van der Waals surface area contributed by atoms with Crippen molar-refractivity contribution in [3.05, 3.63) is 29.3 Å². The third-order valence-corrected chi connectivity index (χ3v) is 3.31. The van der Waals surface area contributed by atoms with E-state index in [9.17, 15) is 13.2 Å². The molecule has 0 aromatic heterocycles. The van der Waals surface area contributed by atoms with Crippen LogP contribution in [0.3, 0.4) is 0 Å². The third-order valence-electron chi connectivity index (χ3n) is 1.98. The summed E-state index contributed by atoms with van der Waals surface area (Å²) in [6.45, 7) is 0. The van der Waals surface area contributed by atoms with E-state index in [4.69, 9.17) is 22.7 Å². The number of amidine groups is 1. The van der Waals surface area contributed by atoms with E-state index in [0.29, 0.717) is 9.92 Å². The van der Waals surface area contributed by atoms with Crippen LogP contribution in [0.25, 0.3) is 0 Å². The van der Waals surface area contributed by atoms with Crippen molar-refractivity contribution in [1.82, 2.24) is 0 Å². The van der Waals surface area contributed by atoms with E-state index in [1.165, 1.54) is 0 Å². The summed E-state index contributed by atoms with van der Waals surface area (Å²) >= 11 is 6.68. The minimum Gasteiger partial charge on any atom is -0.387 e. The first kappa shape index (κ1) is 14.2. The van der Waals surface area contributed by atoms with Crippen molar-refractivity contribution in [3.63, 3.8) is 0 Å². The molecule has 0 spiro atoms. The zero-order valence-corrected chi connectivity index (χ0v) is 10.2. The number of alkyl halides is 3. The second-order valence-corrected chi connectivity index (χ2v) is 4.85. The van der Waals surface area contributed by atoms with Gasteiger partial charge in [-0.25, -0.2) is 0 Å². The summed E-state index contributed by atoms with van der Waals surface area (Å²) in [5.74, 6) is -3.11. The van der Waals surface area contributed by atoms with E-state index >= 15 is 0 Å². The molecule has 0 saturated heterocycles. The van der Waals surface area contributed by atoms with Crippen molar-refractivity contribution >= 4 is 29.2 Å². The smallest absolute Gasteiger partial charge is 0.387 e. The molecule has 17 heavy (non-hydrogen) atoms. The van der Waals surface area contributed by atoms with Gasteiger partial charge in [-0.05, 0) is 18.2 Å². The fourth-order valence-corrected chi connectivity index (χ4v) is 2.46. The first-order valence-electron chi connectivity index (χ1n) is 4.59. The third kappa shape index (κ3) is 4.47. The summed E-state index contributed by atoms with van der Waals surface area (Å²) in [6, 6.07) is 6.52. The predicted molar refractivity (Wildman–Crippen MR) is 63.6 cm³/mol. The Morgan fingerprint density at radius 2 is 2.12 bits per heavy atom. The van der Waals surface area contributed by atoms with Crippen LogP contribution in [-0.4, -0.2) is 17.8 Å². The molecule has 0 bridgehead atoms. The maximum atomic E-state index is 12.5. The zero-order chi connectivity index (χ0) is 13.1. The molecular weight excluding hydrogens is 273 g/mol. The maximum Gasteiger partial charge on any atom is 0.399 e. The first-order chi connectivity index (χ1) is 7.80. The minimum absolute atomic E-state index is 0.320. The Kier molecular flexibility index (Phi) is 4.70. The Labute approximate surface area is 106 Å². The Bertz CT molecular complexity index is 409. The molecule has 2 nitrogen and oxygen atoms in total. The number of nitrogens with one attached hydrogen (secondary N) is 1. The molecule has 0 amide bonds. The quantitative estimate of drug-likeness (QED) is 0.504. The van der Waals surface area contributed by atoms with Gasteiger partial charge in [-0.15, -0.1) is 11.8 Å². The summed E-state index contributed by atoms with van der Waals surface area (Å²) in [7, 11) is 0. The Balaban J connectivity index is 2.68. The van der Waals surface area contributed by atoms with Gasteiger partial charge in [0, 0.05) is 15.7 Å². The Morgan fingerprint density at radius 3 is 2.59 bits per heavy atom. The van der Waals surface area contributed by atoms with Crippen LogP contribution in [0.4, 0.5) is 13.2 Å². The van der Waals surface area contributed by atoms with Crippen molar-refractivity contribution in [3.8, 4) is 0 Å². The molecule has 94 valence electrons. The Hall–Kier alpha value is -0.880. The summed E-state index contributed by atoms with van der Waals surface area (Å²) < 4.78 is 37.5. The highest BCUT2D eigenvalue weighted by Crippen LogP contribution is 2.32. The molecule has 0 heterocycles. The molecular formula is C10H10ClF3N2S. The lowest BCUT2D eigenvalue weighted by atomic mass is 10.1. The van der Waals surface area contributed by atoms with E-state index in [1.807, 2.05) is 0 Å². The SMILES string of the molecule is N=C(N)C(CSc1cccc(Cl)c1)C(F)(F)F. The minimum atomic E-state index is -4.49. The topological polar surface area (TPSA) is 49.9 Å². The highest BCUT2D eigenvalue weighted by atomic mass is 35.5. The summed E-state index contributed by atoms with van der Waals surface area (Å²) in [4.78, 5) is 0.619. The molecule has 1 atom stereocenters. The molecule has 1 rings (SSSR count). The molecule has 1 aromatic carbocycles. The summed E-state index contributed by atoms with van der Waals surface area (Å²) in [5.41, 5.74) is 4.94. The Morgan fingerprint density at radius 1 is 1.47 bits per heavy atom. The van der Waals surface area contributed by atoms with Gasteiger partial charge in [-0.2, -0.15) is 13.2 Å². The standard InChI is InChI=1S/C10H10ClF3N2S/c11-6-2-1-3-7(4-6)17-5-8(9(15)16)10(12,13)14/h1-4,8H,5H2,(H3,15,16). The number of thioether (sulfide) groups is 1. The average Bonchev–Trinajstić information content (AvgIpc) is 2.15. The van der Waals surface area contributed by atoms with Gasteiger partial charge < -0.3 is 5.73 Å². The van der Waals surface area contributed by atoms with Crippen LogP contribution in [0, 0.1) is 11.3 Å². The summed E-state index contributed by atoms with van der Waals surface area (Å²) in [5, 5.41) is 7.39. The predicted octanol–water partition coefficient (Wildman–Crippen LogP) is 3.55. The first-order valence-corrected chi connectivity index (χ1v) is 5.96. The van der Waals surface area contributed by atoms with Gasteiger partial charge in [0.25, 0.3) is 0 Å². The van der Waals surface area contributed by atoms with Crippen molar-refractivity contribution in [2.24, 2.45) is 11.7 Å². The normalized spacial score (nSPS) is 13.4. The van der Waals surface area contributed by atoms with Gasteiger partial charge in [0.2, 0.25) is 0 Å². The largest absolute Gasteiger partial charge is 0.399 e. The van der Waals surface area contributed by atoms with Gasteiger partial charge in [-0.1, -0.05) is 17.7 Å². The van der Waals surface area contributed by atoms with E-state index in [-0.39, 0.29) is 5.75 Å². The second-order valence-electron chi connectivity index (χ2n) is 3.32. The van der Waals surface area contributed by atoms with Gasteiger partial charge in [0.05, 0.1) is 0 Å². The number of halogens is 4. The number of rotatable bonds is 4. The molecule has 0 fully saturated rings. The number of hydrogen-bond donors (Lipinski definition) is 2. The lowest BCUT2D eigenvalue weighted by molar-refractivity contribution is -0.149. The number of hydrogen-bond acceptors (Lipinski definition) is 2. The molecule has 1 aromatic rings. The van der Waals surface area contributed by atoms with Crippen molar-refractivity contribution in [2.45, 2.75) is 11.1 Å². The lowest BCUT2D eigenvalue weighted by Gasteiger charge is -2.18. The van der Waals surface area contributed by atoms with E-state index < -0.39 is 17.9 Å². The van der Waals surface area contributed by atoms with Gasteiger partial charge >= 0.3 is 6.18 Å². The molecule has 7 heteroatoms. The molecule has 1 unspecified atom stereocenters. The van der Waals surface area contributed by atoms with Crippen LogP contribution in [0.5, 0.6) is 0 Å². The average molecular weight is 283 g/mol. The second kappa shape index (κ2) is 5.64. The van der Waals surface area contributed by atoms with Crippen LogP contribution in [-0.2, 0) is 0 Å². The molecule has 0 aliphatic carbocycles. The van der Waals surface area contributed by atoms with E-state index in [1.54, 1.807) is 24.3 Å². The van der Waals surface area contributed by atoms with Crippen LogP contribution in [0.15, 0.2) is 29.2 Å². The lowest BCUT2D eigenvalue weighted by Crippen LogP contribution is -2.36. The molecule has 0 saturated carbocycles.